The van der Waals surface area contributed by atoms with E-state index in [1.165, 1.54) is 13.2 Å². The molecule has 10 nitrogen and oxygen atoms in total. The molecule has 0 aliphatic heterocycles. The van der Waals surface area contributed by atoms with Gasteiger partial charge in [0.25, 0.3) is 0 Å². The van der Waals surface area contributed by atoms with Crippen molar-refractivity contribution in [3.63, 3.8) is 0 Å². The number of halogens is 1. The Balaban J connectivity index is 1.69. The van der Waals surface area contributed by atoms with E-state index in [-0.39, 0.29) is 19.0 Å². The van der Waals surface area contributed by atoms with E-state index in [1.807, 2.05) is 6.07 Å². The van der Waals surface area contributed by atoms with Crippen molar-refractivity contribution in [3.05, 3.63) is 47.7 Å². The van der Waals surface area contributed by atoms with Crippen LogP contribution >= 0.6 is 0 Å². The summed E-state index contributed by atoms with van der Waals surface area (Å²) in [5.74, 6) is 0.397. The van der Waals surface area contributed by atoms with Crippen molar-refractivity contribution in [2.75, 3.05) is 18.2 Å². The van der Waals surface area contributed by atoms with Gasteiger partial charge in [-0.3, -0.25) is 10.00 Å². The number of carbonyl (C=O) groups excluding carboxylic acids is 1. The fourth-order valence-corrected chi connectivity index (χ4v) is 3.02. The summed E-state index contributed by atoms with van der Waals surface area (Å²) in [6.45, 7) is 5.36. The first kappa shape index (κ1) is 23.9. The molecule has 1 amide bonds. The number of benzene rings is 1. The number of hydrogen-bond acceptors (Lipinski definition) is 8. The monoisotopic (exact) mass is 458 g/mol. The van der Waals surface area contributed by atoms with Crippen LogP contribution in [0.1, 0.15) is 32.0 Å². The third-order valence-corrected chi connectivity index (χ3v) is 4.21. The Morgan fingerprint density at radius 1 is 1.21 bits per heavy atom. The molecule has 2 aromatic heterocycles. The summed E-state index contributed by atoms with van der Waals surface area (Å²) in [5.41, 5.74) is 7.53. The van der Waals surface area contributed by atoms with E-state index in [0.29, 0.717) is 28.5 Å². The predicted molar refractivity (Wildman–Crippen MR) is 120 cm³/mol. The molecule has 2 heterocycles. The van der Waals surface area contributed by atoms with Crippen molar-refractivity contribution in [1.29, 1.82) is 0 Å². The summed E-state index contributed by atoms with van der Waals surface area (Å²) in [5, 5.41) is 6.72. The minimum Gasteiger partial charge on any atom is -0.494 e. The van der Waals surface area contributed by atoms with Gasteiger partial charge in [-0.2, -0.15) is 5.10 Å². The third kappa shape index (κ3) is 6.62. The van der Waals surface area contributed by atoms with Gasteiger partial charge in [-0.25, -0.2) is 19.2 Å². The standard InChI is InChI=1S/C22H27FN6O4/c1-22(2,3)33-21(30)27-18-9-14(23)8-15(26-18)11-32-10-13-6-16(19(31-5)17(24)7-13)20-25-12-29(4)28-20/h6-9,12H,10-11,24H2,1-5H3,(H,26,27,30). The summed E-state index contributed by atoms with van der Waals surface area (Å²) in [6.07, 6.45) is 0.851. The van der Waals surface area contributed by atoms with Gasteiger partial charge in [0.2, 0.25) is 0 Å². The van der Waals surface area contributed by atoms with Gasteiger partial charge in [-0.05, 0) is 44.5 Å². The van der Waals surface area contributed by atoms with Crippen molar-refractivity contribution in [1.82, 2.24) is 19.7 Å². The topological polar surface area (TPSA) is 126 Å². The maximum atomic E-state index is 14.0. The Morgan fingerprint density at radius 2 is 1.97 bits per heavy atom. The zero-order valence-corrected chi connectivity index (χ0v) is 19.2. The average molecular weight is 458 g/mol. The molecule has 0 unspecified atom stereocenters. The second kappa shape index (κ2) is 9.82. The lowest BCUT2D eigenvalue weighted by atomic mass is 10.1. The molecule has 3 aromatic rings. The van der Waals surface area contributed by atoms with Crippen LogP contribution < -0.4 is 15.8 Å². The molecule has 0 aliphatic carbocycles. The molecule has 3 N–H and O–H groups in total. The molecule has 3 rings (SSSR count). The first-order chi connectivity index (χ1) is 15.5. The highest BCUT2D eigenvalue weighted by molar-refractivity contribution is 5.83. The molecule has 0 bridgehead atoms. The molecule has 33 heavy (non-hydrogen) atoms. The molecule has 0 aliphatic rings. The normalized spacial score (nSPS) is 11.3. The summed E-state index contributed by atoms with van der Waals surface area (Å²) in [4.78, 5) is 20.4. The molecule has 0 saturated carbocycles. The van der Waals surface area contributed by atoms with Crippen molar-refractivity contribution in [2.24, 2.45) is 7.05 Å². The Bertz CT molecular complexity index is 1140. The van der Waals surface area contributed by atoms with Crippen LogP contribution in [0.5, 0.6) is 5.75 Å². The molecule has 176 valence electrons. The summed E-state index contributed by atoms with van der Waals surface area (Å²) < 4.78 is 31.9. The van der Waals surface area contributed by atoms with Crippen LogP contribution in [0.15, 0.2) is 30.6 Å². The number of aryl methyl sites for hydroxylation is 1. The molecule has 0 saturated heterocycles. The second-order valence-electron chi connectivity index (χ2n) is 8.29. The van der Waals surface area contributed by atoms with Crippen molar-refractivity contribution >= 4 is 17.6 Å². The zero-order valence-electron chi connectivity index (χ0n) is 19.2. The number of rotatable bonds is 7. The number of nitrogens with one attached hydrogen (secondary N) is 1. The smallest absolute Gasteiger partial charge is 0.413 e. The number of ether oxygens (including phenoxy) is 3. The van der Waals surface area contributed by atoms with Gasteiger partial charge in [0.15, 0.2) is 11.6 Å². The molecule has 0 fully saturated rings. The molecule has 0 atom stereocenters. The lowest BCUT2D eigenvalue weighted by molar-refractivity contribution is 0.0635. The van der Waals surface area contributed by atoms with E-state index >= 15 is 0 Å². The van der Waals surface area contributed by atoms with Gasteiger partial charge in [-0.15, -0.1) is 0 Å². The van der Waals surface area contributed by atoms with Crippen molar-refractivity contribution in [3.8, 4) is 17.1 Å². The minimum absolute atomic E-state index is 0.00383. The Labute approximate surface area is 190 Å². The number of aromatic nitrogens is 4. The lowest BCUT2D eigenvalue weighted by Gasteiger charge is -2.19. The van der Waals surface area contributed by atoms with E-state index in [0.717, 1.165) is 11.6 Å². The number of carbonyl (C=O) groups is 1. The molecule has 11 heteroatoms. The van der Waals surface area contributed by atoms with Gasteiger partial charge < -0.3 is 19.9 Å². The van der Waals surface area contributed by atoms with Crippen molar-refractivity contribution < 1.29 is 23.4 Å². The molecule has 0 radical (unpaired) electrons. The van der Waals surface area contributed by atoms with Gasteiger partial charge in [0.1, 0.15) is 23.6 Å². The number of nitrogen functional groups attached to an aromatic ring is 1. The SMILES string of the molecule is COc1c(N)cc(COCc2cc(F)cc(NC(=O)OC(C)(C)C)n2)cc1-c1ncn(C)n1. The molecular weight excluding hydrogens is 431 g/mol. The molecule has 0 spiro atoms. The number of nitrogens with two attached hydrogens (primary N) is 1. The highest BCUT2D eigenvalue weighted by Crippen LogP contribution is 2.34. The van der Waals surface area contributed by atoms with Gasteiger partial charge >= 0.3 is 6.09 Å². The Morgan fingerprint density at radius 3 is 2.61 bits per heavy atom. The van der Waals surface area contributed by atoms with Gasteiger partial charge in [-0.1, -0.05) is 0 Å². The van der Waals surface area contributed by atoms with Crippen LogP contribution in [0.4, 0.5) is 20.7 Å². The van der Waals surface area contributed by atoms with Crippen LogP contribution in [0, 0.1) is 5.82 Å². The van der Waals surface area contributed by atoms with Gasteiger partial charge in [0.05, 0.1) is 37.3 Å². The maximum Gasteiger partial charge on any atom is 0.413 e. The second-order valence-corrected chi connectivity index (χ2v) is 8.29. The first-order valence-electron chi connectivity index (χ1n) is 10.1. The molecule has 1 aromatic carbocycles. The van der Waals surface area contributed by atoms with E-state index in [9.17, 15) is 9.18 Å². The van der Waals surface area contributed by atoms with E-state index in [1.54, 1.807) is 44.9 Å². The van der Waals surface area contributed by atoms with E-state index < -0.39 is 17.5 Å². The average Bonchev–Trinajstić information content (AvgIpc) is 3.12. The highest BCUT2D eigenvalue weighted by Gasteiger charge is 2.18. The largest absolute Gasteiger partial charge is 0.494 e. The van der Waals surface area contributed by atoms with Crippen molar-refractivity contribution in [2.45, 2.75) is 39.6 Å². The van der Waals surface area contributed by atoms with Gasteiger partial charge in [0, 0.05) is 13.1 Å². The van der Waals surface area contributed by atoms with E-state index in [2.05, 4.69) is 20.4 Å². The fourth-order valence-electron chi connectivity index (χ4n) is 3.02. The quantitative estimate of drug-likeness (QED) is 0.514. The minimum atomic E-state index is -0.725. The van der Waals surface area contributed by atoms with Crippen LogP contribution in [0.2, 0.25) is 0 Å². The molecular formula is C22H27FN6O4. The van der Waals surface area contributed by atoms with Crippen LogP contribution in [0.25, 0.3) is 11.4 Å². The van der Waals surface area contributed by atoms with Crippen LogP contribution in [0.3, 0.4) is 0 Å². The maximum absolute atomic E-state index is 14.0. The highest BCUT2D eigenvalue weighted by atomic mass is 19.1. The lowest BCUT2D eigenvalue weighted by Crippen LogP contribution is -2.27. The number of pyridine rings is 1. The number of nitrogens with zero attached hydrogens (tertiary/aromatic N) is 4. The number of hydrogen-bond donors (Lipinski definition) is 2. The number of anilines is 2. The first-order valence-corrected chi connectivity index (χ1v) is 10.1. The number of methoxy groups -OCH3 is 1. The summed E-state index contributed by atoms with van der Waals surface area (Å²) >= 11 is 0. The fraction of sp³-hybridized carbons (Fsp3) is 0.364. The summed E-state index contributed by atoms with van der Waals surface area (Å²) in [7, 11) is 3.28. The third-order valence-electron chi connectivity index (χ3n) is 4.21. The van der Waals surface area contributed by atoms with E-state index in [4.69, 9.17) is 19.9 Å². The van der Waals surface area contributed by atoms with Crippen LogP contribution in [-0.2, 0) is 29.7 Å². The predicted octanol–water partition coefficient (Wildman–Crippen LogP) is 3.67. The number of amides is 1. The van der Waals surface area contributed by atoms with Crippen LogP contribution in [-0.4, -0.2) is 38.6 Å². The zero-order chi connectivity index (χ0) is 24.2. The Hall–Kier alpha value is -3.73. The summed E-state index contributed by atoms with van der Waals surface area (Å²) in [6, 6.07) is 5.87. The Kier molecular flexibility index (Phi) is 7.12.